The highest BCUT2D eigenvalue weighted by molar-refractivity contribution is 9.10. The first-order valence-corrected chi connectivity index (χ1v) is 8.18. The summed E-state index contributed by atoms with van der Waals surface area (Å²) < 4.78 is 6.39. The lowest BCUT2D eigenvalue weighted by atomic mass is 10.1. The second-order valence-electron chi connectivity index (χ2n) is 4.93. The average molecular weight is 373 g/mol. The first-order chi connectivity index (χ1) is 10.6. The highest BCUT2D eigenvalue weighted by Crippen LogP contribution is 2.34. The molecule has 3 aromatic heterocycles. The molecule has 1 aromatic carbocycles. The number of aryl methyl sites for hydroxylation is 1. The van der Waals surface area contributed by atoms with E-state index in [9.17, 15) is 4.79 Å². The van der Waals surface area contributed by atoms with Crippen molar-refractivity contribution in [1.82, 2.24) is 9.97 Å². The fraction of sp³-hybridized carbons (Fsp3) is 0.0625. The van der Waals surface area contributed by atoms with Gasteiger partial charge in [-0.3, -0.25) is 0 Å². The molecule has 0 amide bonds. The normalized spacial score (nSPS) is 11.4. The van der Waals surface area contributed by atoms with Crippen LogP contribution in [0.15, 0.2) is 50.4 Å². The van der Waals surface area contributed by atoms with Crippen LogP contribution in [0, 0.1) is 6.92 Å². The maximum atomic E-state index is 11.8. The Morgan fingerprint density at radius 1 is 1.23 bits per heavy atom. The van der Waals surface area contributed by atoms with Crippen LogP contribution in [0.3, 0.4) is 0 Å². The van der Waals surface area contributed by atoms with Crippen LogP contribution in [-0.4, -0.2) is 9.97 Å². The molecule has 0 fully saturated rings. The third-order valence-corrected chi connectivity index (χ3v) is 5.08. The number of benzene rings is 1. The lowest BCUT2D eigenvalue weighted by Crippen LogP contribution is -1.96. The predicted molar refractivity (Wildman–Crippen MR) is 91.3 cm³/mol. The van der Waals surface area contributed by atoms with Crippen molar-refractivity contribution < 1.29 is 4.42 Å². The summed E-state index contributed by atoms with van der Waals surface area (Å²) in [5, 5.41) is 0.925. The van der Waals surface area contributed by atoms with Crippen LogP contribution in [0.5, 0.6) is 0 Å². The molecule has 6 heteroatoms. The molecule has 0 aliphatic carbocycles. The lowest BCUT2D eigenvalue weighted by molar-refractivity contribution is 0.502. The Bertz CT molecular complexity index is 1070. The first kappa shape index (κ1) is 13.6. The number of aromatic nitrogens is 2. The van der Waals surface area contributed by atoms with E-state index in [0.29, 0.717) is 10.2 Å². The Kier molecular flexibility index (Phi) is 3.09. The Balaban J connectivity index is 2.04. The summed E-state index contributed by atoms with van der Waals surface area (Å²) in [4.78, 5) is 21.5. The van der Waals surface area contributed by atoms with Crippen LogP contribution in [-0.2, 0) is 0 Å². The van der Waals surface area contributed by atoms with Gasteiger partial charge in [-0.05, 0) is 30.7 Å². The van der Waals surface area contributed by atoms with Gasteiger partial charge in [0.05, 0.1) is 5.69 Å². The van der Waals surface area contributed by atoms with Crippen LogP contribution in [0.4, 0.5) is 0 Å². The molecule has 22 heavy (non-hydrogen) atoms. The fourth-order valence-corrected chi connectivity index (χ4v) is 3.82. The van der Waals surface area contributed by atoms with Gasteiger partial charge in [-0.1, -0.05) is 28.1 Å². The van der Waals surface area contributed by atoms with Crippen LogP contribution in [0.1, 0.15) is 5.56 Å². The minimum absolute atomic E-state index is 0.363. The van der Waals surface area contributed by atoms with E-state index in [1.54, 1.807) is 0 Å². The summed E-state index contributed by atoms with van der Waals surface area (Å²) in [6.07, 6.45) is 1.19. The molecule has 0 atom stereocenters. The SMILES string of the molecule is Cc1cc(-c2ccc(Br)cc2)nc2sc3c(=O)ocnc3c12. The summed E-state index contributed by atoms with van der Waals surface area (Å²) >= 11 is 4.76. The molecular weight excluding hydrogens is 364 g/mol. The third kappa shape index (κ3) is 2.07. The van der Waals surface area contributed by atoms with Gasteiger partial charge in [0.2, 0.25) is 0 Å². The zero-order valence-corrected chi connectivity index (χ0v) is 13.9. The van der Waals surface area contributed by atoms with Crippen molar-refractivity contribution >= 4 is 47.7 Å². The maximum Gasteiger partial charge on any atom is 0.356 e. The average Bonchev–Trinajstić information content (AvgIpc) is 2.88. The molecule has 0 bridgehead atoms. The van der Waals surface area contributed by atoms with Crippen molar-refractivity contribution in [3.8, 4) is 11.3 Å². The molecule has 3 heterocycles. The van der Waals surface area contributed by atoms with Crippen molar-refractivity contribution in [3.05, 3.63) is 57.2 Å². The number of pyridine rings is 1. The molecule has 0 aliphatic heterocycles. The Labute approximate surface area is 137 Å². The van der Waals surface area contributed by atoms with E-state index >= 15 is 0 Å². The topological polar surface area (TPSA) is 56.0 Å². The van der Waals surface area contributed by atoms with E-state index in [4.69, 9.17) is 9.40 Å². The molecule has 4 rings (SSSR count). The standard InChI is InChI=1S/C16H9BrN2O2S/c1-8-6-11(9-2-4-10(17)5-3-9)19-15-12(8)13-14(22-15)16(20)21-7-18-13/h2-7H,1H3. The molecule has 0 radical (unpaired) electrons. The summed E-state index contributed by atoms with van der Waals surface area (Å²) in [6, 6.07) is 10.0. The zero-order chi connectivity index (χ0) is 15.3. The van der Waals surface area contributed by atoms with Crippen molar-refractivity contribution in [2.75, 3.05) is 0 Å². The Morgan fingerprint density at radius 3 is 2.77 bits per heavy atom. The summed E-state index contributed by atoms with van der Waals surface area (Å²) in [5.74, 6) is 0. The van der Waals surface area contributed by atoms with Crippen molar-refractivity contribution in [1.29, 1.82) is 0 Å². The van der Waals surface area contributed by atoms with Gasteiger partial charge in [-0.2, -0.15) is 0 Å². The van der Waals surface area contributed by atoms with Gasteiger partial charge >= 0.3 is 5.63 Å². The zero-order valence-electron chi connectivity index (χ0n) is 11.5. The van der Waals surface area contributed by atoms with Gasteiger partial charge in [-0.15, -0.1) is 11.3 Å². The first-order valence-electron chi connectivity index (χ1n) is 6.57. The van der Waals surface area contributed by atoms with Gasteiger partial charge in [0, 0.05) is 15.4 Å². The largest absolute Gasteiger partial charge is 0.410 e. The predicted octanol–water partition coefficient (Wildman–Crippen LogP) is 4.54. The molecular formula is C16H9BrN2O2S. The van der Waals surface area contributed by atoms with Crippen molar-refractivity contribution in [2.24, 2.45) is 0 Å². The van der Waals surface area contributed by atoms with E-state index in [1.165, 1.54) is 17.7 Å². The second-order valence-corrected chi connectivity index (χ2v) is 6.85. The van der Waals surface area contributed by atoms with E-state index < -0.39 is 0 Å². The van der Waals surface area contributed by atoms with E-state index in [0.717, 1.165) is 31.5 Å². The van der Waals surface area contributed by atoms with E-state index in [1.807, 2.05) is 37.3 Å². The lowest BCUT2D eigenvalue weighted by Gasteiger charge is -2.04. The molecule has 108 valence electrons. The van der Waals surface area contributed by atoms with Gasteiger partial charge in [0.25, 0.3) is 0 Å². The molecule has 0 aliphatic rings. The van der Waals surface area contributed by atoms with Gasteiger partial charge in [-0.25, -0.2) is 14.8 Å². The van der Waals surface area contributed by atoms with E-state index in [-0.39, 0.29) is 5.63 Å². The van der Waals surface area contributed by atoms with Crippen LogP contribution in [0.2, 0.25) is 0 Å². The van der Waals surface area contributed by atoms with Crippen LogP contribution < -0.4 is 5.63 Å². The number of thiophene rings is 1. The smallest absolute Gasteiger partial charge is 0.356 e. The van der Waals surface area contributed by atoms with Gasteiger partial charge < -0.3 is 4.42 Å². The number of nitrogens with zero attached hydrogens (tertiary/aromatic N) is 2. The molecule has 0 saturated heterocycles. The van der Waals surface area contributed by atoms with Crippen molar-refractivity contribution in [2.45, 2.75) is 6.92 Å². The monoisotopic (exact) mass is 372 g/mol. The number of hydrogen-bond acceptors (Lipinski definition) is 5. The molecule has 0 N–H and O–H groups in total. The number of hydrogen-bond donors (Lipinski definition) is 0. The van der Waals surface area contributed by atoms with Crippen LogP contribution >= 0.6 is 27.3 Å². The Hall–Kier alpha value is -2.05. The molecule has 0 unspecified atom stereocenters. The molecule has 0 saturated carbocycles. The molecule has 4 aromatic rings. The molecule has 4 nitrogen and oxygen atoms in total. The number of fused-ring (bicyclic) bond motifs is 3. The number of halogens is 1. The Morgan fingerprint density at radius 2 is 2.00 bits per heavy atom. The number of rotatable bonds is 1. The minimum atomic E-state index is -0.363. The fourth-order valence-electron chi connectivity index (χ4n) is 2.47. The maximum absolute atomic E-state index is 11.8. The second kappa shape index (κ2) is 5.00. The van der Waals surface area contributed by atoms with Gasteiger partial charge in [0.15, 0.2) is 6.39 Å². The van der Waals surface area contributed by atoms with Crippen molar-refractivity contribution in [3.63, 3.8) is 0 Å². The highest BCUT2D eigenvalue weighted by Gasteiger charge is 2.15. The van der Waals surface area contributed by atoms with Crippen LogP contribution in [0.25, 0.3) is 31.7 Å². The third-order valence-electron chi connectivity index (χ3n) is 3.50. The molecule has 0 spiro atoms. The van der Waals surface area contributed by atoms with E-state index in [2.05, 4.69) is 20.9 Å². The summed E-state index contributed by atoms with van der Waals surface area (Å²) in [7, 11) is 0. The minimum Gasteiger partial charge on any atom is -0.410 e. The summed E-state index contributed by atoms with van der Waals surface area (Å²) in [5.41, 5.74) is 3.27. The quantitative estimate of drug-likeness (QED) is 0.492. The van der Waals surface area contributed by atoms with Gasteiger partial charge in [0.1, 0.15) is 15.0 Å². The highest BCUT2D eigenvalue weighted by atomic mass is 79.9. The summed E-state index contributed by atoms with van der Waals surface area (Å²) in [6.45, 7) is 2.01.